The van der Waals surface area contributed by atoms with E-state index in [1.807, 2.05) is 4.68 Å². The fraction of sp³-hybridized carbons (Fsp3) is 0.667. The van der Waals surface area contributed by atoms with Crippen molar-refractivity contribution in [3.8, 4) is 0 Å². The molecule has 0 atom stereocenters. The van der Waals surface area contributed by atoms with Crippen LogP contribution in [-0.4, -0.2) is 28.6 Å². The second-order valence-corrected chi connectivity index (χ2v) is 3.99. The van der Waals surface area contributed by atoms with Crippen molar-refractivity contribution in [2.24, 2.45) is 0 Å². The summed E-state index contributed by atoms with van der Waals surface area (Å²) in [5.41, 5.74) is -5.65. The van der Waals surface area contributed by atoms with E-state index in [9.17, 15) is 13.2 Å². The van der Waals surface area contributed by atoms with Crippen LogP contribution in [0, 0.1) is 0 Å². The minimum atomic E-state index is -6.09. The maximum atomic E-state index is 10.7. The summed E-state index contributed by atoms with van der Waals surface area (Å²) < 4.78 is 60.8. The van der Waals surface area contributed by atoms with E-state index in [4.69, 9.17) is 13.0 Å². The van der Waals surface area contributed by atoms with Gasteiger partial charge in [-0.3, -0.25) is 0 Å². The van der Waals surface area contributed by atoms with Gasteiger partial charge >= 0.3 is 11.8 Å². The van der Waals surface area contributed by atoms with Crippen LogP contribution < -0.4 is 4.68 Å². The first-order valence-electron chi connectivity index (χ1n) is 4.08. The third-order valence-corrected chi connectivity index (χ3v) is 1.82. The van der Waals surface area contributed by atoms with Crippen molar-refractivity contribution < 1.29 is 30.8 Å². The number of nitrogens with zero attached hydrogens (tertiary/aromatic N) is 2. The van der Waals surface area contributed by atoms with Crippen molar-refractivity contribution >= 4 is 10.1 Å². The highest BCUT2D eigenvalue weighted by Gasteiger charge is 2.36. The molecule has 0 spiro atoms. The average molecular weight is 261 g/mol. The molecule has 0 aliphatic heterocycles. The predicted molar refractivity (Wildman–Crippen MR) is 44.8 cm³/mol. The Bertz CT molecular complexity index is 387. The number of aryl methyl sites for hydroxylation is 1. The summed E-state index contributed by atoms with van der Waals surface area (Å²) >= 11 is 0. The number of alkyl halides is 3. The summed E-state index contributed by atoms with van der Waals surface area (Å²) in [5, 5.41) is 2.94. The molecule has 0 saturated heterocycles. The van der Waals surface area contributed by atoms with Gasteiger partial charge in [0, 0.05) is 0 Å². The Hall–Kier alpha value is -1.16. The highest BCUT2D eigenvalue weighted by molar-refractivity contribution is 7.86. The van der Waals surface area contributed by atoms with Crippen LogP contribution in [0.2, 0.25) is 0 Å². The summed E-state index contributed by atoms with van der Waals surface area (Å²) in [4.78, 5) is 3.85. The van der Waals surface area contributed by atoms with Crippen molar-refractivity contribution in [1.82, 2.24) is 10.1 Å². The van der Waals surface area contributed by atoms with E-state index in [2.05, 4.69) is 17.0 Å². The Labute approximate surface area is 89.8 Å². The number of hydrogen-bond acceptors (Lipinski definition) is 4. The van der Waals surface area contributed by atoms with E-state index in [1.165, 1.54) is 0 Å². The van der Waals surface area contributed by atoms with Crippen molar-refractivity contribution in [2.45, 2.75) is 25.4 Å². The van der Waals surface area contributed by atoms with Gasteiger partial charge in [-0.1, -0.05) is 6.92 Å². The summed E-state index contributed by atoms with van der Waals surface area (Å²) in [6, 6.07) is 0. The van der Waals surface area contributed by atoms with E-state index < -0.39 is 15.6 Å². The number of aromatic amines is 1. The van der Waals surface area contributed by atoms with Crippen molar-refractivity contribution in [3.05, 3.63) is 12.7 Å². The quantitative estimate of drug-likeness (QED) is 0.466. The van der Waals surface area contributed by atoms with E-state index >= 15 is 0 Å². The molecular weight excluding hydrogens is 251 g/mol. The van der Waals surface area contributed by atoms with Gasteiger partial charge in [0.2, 0.25) is 6.33 Å². The lowest BCUT2D eigenvalue weighted by Gasteiger charge is -2.08. The molecule has 1 rings (SSSR count). The number of nitrogens with one attached hydrogen (secondary N) is 1. The van der Waals surface area contributed by atoms with Crippen LogP contribution in [0.4, 0.5) is 13.2 Å². The van der Waals surface area contributed by atoms with Crippen LogP contribution in [0.3, 0.4) is 0 Å². The zero-order chi connectivity index (χ0) is 12.8. The van der Waals surface area contributed by atoms with Gasteiger partial charge in [-0.2, -0.15) is 23.0 Å². The second kappa shape index (κ2) is 5.80. The Morgan fingerprint density at radius 3 is 2.25 bits per heavy atom. The standard InChI is InChI=1S/C5H9N3.CHF3O3S/c1-2-3-8-5-6-4-7-8;2-1(3,4)8(5,6)7/h4-5H,2-3H2,1H3;(H,5,6,7). The third-order valence-electron chi connectivity index (χ3n) is 1.25. The number of H-pyrrole nitrogens is 1. The Kier molecular flexibility index (Phi) is 5.38. The molecule has 1 N–H and O–H groups in total. The smallest absolute Gasteiger partial charge is 0.485 e. The Morgan fingerprint density at radius 1 is 1.50 bits per heavy atom. The molecule has 0 aliphatic carbocycles. The first-order valence-corrected chi connectivity index (χ1v) is 5.49. The van der Waals surface area contributed by atoms with Gasteiger partial charge in [-0.15, -0.1) is 0 Å². The molecular formula is C6H10F3N3O3S. The molecule has 1 aromatic rings. The monoisotopic (exact) mass is 261 g/mol. The van der Waals surface area contributed by atoms with Crippen molar-refractivity contribution in [1.29, 1.82) is 0 Å². The molecule has 0 unspecified atom stereocenters. The number of halogens is 3. The van der Waals surface area contributed by atoms with Crippen molar-refractivity contribution in [2.75, 3.05) is 0 Å². The molecule has 0 amide bonds. The van der Waals surface area contributed by atoms with Gasteiger partial charge in [0.25, 0.3) is 0 Å². The zero-order valence-corrected chi connectivity index (χ0v) is 9.05. The topological polar surface area (TPSA) is 89.8 Å². The van der Waals surface area contributed by atoms with Gasteiger partial charge in [0.15, 0.2) is 10.1 Å². The summed E-state index contributed by atoms with van der Waals surface area (Å²) in [7, 11) is -6.09. The number of hydrogen-bond donors (Lipinski definition) is 1. The van der Waals surface area contributed by atoms with Crippen LogP contribution in [0.25, 0.3) is 0 Å². The van der Waals surface area contributed by atoms with Crippen LogP contribution in [0.15, 0.2) is 12.7 Å². The zero-order valence-electron chi connectivity index (χ0n) is 8.23. The molecule has 1 aromatic heterocycles. The van der Waals surface area contributed by atoms with Gasteiger partial charge < -0.3 is 4.55 Å². The van der Waals surface area contributed by atoms with Crippen molar-refractivity contribution in [3.63, 3.8) is 0 Å². The van der Waals surface area contributed by atoms with Gasteiger partial charge in [-0.25, -0.2) is 8.42 Å². The van der Waals surface area contributed by atoms with Crippen LogP contribution >= 0.6 is 0 Å². The molecule has 6 nitrogen and oxygen atoms in total. The normalized spacial score (nSPS) is 11.8. The maximum absolute atomic E-state index is 10.7. The molecule has 1 heterocycles. The molecule has 0 saturated carbocycles. The van der Waals surface area contributed by atoms with Crippen LogP contribution in [-0.2, 0) is 16.7 Å². The maximum Gasteiger partial charge on any atom is 0.485 e. The van der Waals surface area contributed by atoms with E-state index in [-0.39, 0.29) is 0 Å². The lowest BCUT2D eigenvalue weighted by Crippen LogP contribution is -2.34. The average Bonchev–Trinajstić information content (AvgIpc) is 2.54. The molecule has 0 aromatic carbocycles. The Morgan fingerprint density at radius 2 is 2.00 bits per heavy atom. The number of rotatable bonds is 2. The van der Waals surface area contributed by atoms with Gasteiger partial charge in [0.05, 0.1) is 0 Å². The SMILES string of the molecule is CCC[n+]1cnc[nH]1.O=S(=O)([O-])C(F)(F)F. The molecule has 0 radical (unpaired) electrons. The minimum Gasteiger partial charge on any atom is -0.741 e. The first kappa shape index (κ1) is 14.8. The largest absolute Gasteiger partial charge is 0.741 e. The van der Waals surface area contributed by atoms with Gasteiger partial charge in [-0.05, 0) is 11.4 Å². The van der Waals surface area contributed by atoms with Crippen LogP contribution in [0.1, 0.15) is 13.3 Å². The van der Waals surface area contributed by atoms with Gasteiger partial charge in [0.1, 0.15) is 6.54 Å². The van der Waals surface area contributed by atoms with E-state index in [0.29, 0.717) is 0 Å². The van der Waals surface area contributed by atoms with E-state index in [1.54, 1.807) is 12.7 Å². The highest BCUT2D eigenvalue weighted by Crippen LogP contribution is 2.20. The Balaban J connectivity index is 0.000000281. The molecule has 10 heteroatoms. The fourth-order valence-electron chi connectivity index (χ4n) is 0.618. The molecule has 0 bridgehead atoms. The molecule has 94 valence electrons. The third kappa shape index (κ3) is 5.66. The lowest BCUT2D eigenvalue weighted by molar-refractivity contribution is -0.751. The molecule has 0 aliphatic rings. The highest BCUT2D eigenvalue weighted by atomic mass is 32.2. The number of aromatic nitrogens is 3. The van der Waals surface area contributed by atoms with Crippen LogP contribution in [0.5, 0.6) is 0 Å². The molecule has 16 heavy (non-hydrogen) atoms. The fourth-order valence-corrected chi connectivity index (χ4v) is 0.618. The predicted octanol–water partition coefficient (Wildman–Crippen LogP) is 0.159. The van der Waals surface area contributed by atoms with E-state index in [0.717, 1.165) is 13.0 Å². The molecule has 0 fully saturated rings. The summed E-state index contributed by atoms with van der Waals surface area (Å²) in [6.45, 7) is 3.16. The first-order chi connectivity index (χ1) is 7.18. The summed E-state index contributed by atoms with van der Waals surface area (Å²) in [5.74, 6) is 0. The second-order valence-electron chi connectivity index (χ2n) is 2.62. The lowest BCUT2D eigenvalue weighted by atomic mass is 10.5. The summed E-state index contributed by atoms with van der Waals surface area (Å²) in [6.07, 6.45) is 4.60. The minimum absolute atomic E-state index is 1.03.